The second-order valence-electron chi connectivity index (χ2n) is 4.79. The molecule has 1 unspecified atom stereocenters. The summed E-state index contributed by atoms with van der Waals surface area (Å²) in [4.78, 5) is 46.0. The molecule has 1 aromatic rings. The first-order valence-corrected chi connectivity index (χ1v) is 6.72. The molecular formula is C15H13NO8. The number of carbonyl (C=O) groups excluding carboxylic acids is 3. The van der Waals surface area contributed by atoms with E-state index >= 15 is 0 Å². The van der Waals surface area contributed by atoms with Crippen LogP contribution in [0.1, 0.15) is 38.8 Å². The third-order valence-electron chi connectivity index (χ3n) is 3.39. The van der Waals surface area contributed by atoms with Gasteiger partial charge in [-0.3, -0.25) is 14.9 Å². The fourth-order valence-corrected chi connectivity index (χ4v) is 2.33. The van der Waals surface area contributed by atoms with E-state index in [9.17, 15) is 24.5 Å². The Morgan fingerprint density at radius 1 is 1.21 bits per heavy atom. The molecule has 1 atom stereocenters. The highest BCUT2D eigenvalue weighted by atomic mass is 16.6. The zero-order valence-electron chi connectivity index (χ0n) is 12.8. The van der Waals surface area contributed by atoms with E-state index in [2.05, 4.69) is 9.47 Å². The molecule has 0 bridgehead atoms. The van der Waals surface area contributed by atoms with Gasteiger partial charge in [0.15, 0.2) is 5.78 Å². The molecule has 1 aliphatic heterocycles. The highest BCUT2D eigenvalue weighted by Gasteiger charge is 2.32. The van der Waals surface area contributed by atoms with Crippen molar-refractivity contribution >= 4 is 23.4 Å². The number of nitro groups is 1. The minimum absolute atomic E-state index is 0.0111. The number of hydrogen-bond donors (Lipinski definition) is 0. The van der Waals surface area contributed by atoms with Gasteiger partial charge >= 0.3 is 11.9 Å². The van der Waals surface area contributed by atoms with Crippen LogP contribution in [0.2, 0.25) is 0 Å². The highest BCUT2D eigenvalue weighted by Crippen LogP contribution is 2.34. The summed E-state index contributed by atoms with van der Waals surface area (Å²) in [6.07, 6.45) is 1.24. The van der Waals surface area contributed by atoms with Crippen molar-refractivity contribution in [3.8, 4) is 0 Å². The molecule has 1 aliphatic rings. The lowest BCUT2D eigenvalue weighted by atomic mass is 9.91. The topological polar surface area (TPSA) is 122 Å². The van der Waals surface area contributed by atoms with Gasteiger partial charge in [-0.15, -0.1) is 0 Å². The van der Waals surface area contributed by atoms with Gasteiger partial charge < -0.3 is 14.2 Å². The number of nitro benzene ring substituents is 1. The number of rotatable bonds is 4. The monoisotopic (exact) mass is 335 g/mol. The van der Waals surface area contributed by atoms with Crippen LogP contribution in [0.5, 0.6) is 0 Å². The number of ether oxygens (including phenoxy) is 3. The summed E-state index contributed by atoms with van der Waals surface area (Å²) in [6.45, 7) is 0. The van der Waals surface area contributed by atoms with Crippen LogP contribution in [-0.2, 0) is 19.0 Å². The molecule has 0 aliphatic carbocycles. The number of carbonyl (C=O) groups is 3. The maximum atomic E-state index is 12.0. The molecule has 0 saturated carbocycles. The lowest BCUT2D eigenvalue weighted by molar-refractivity contribution is -0.384. The molecule has 0 saturated heterocycles. The molecule has 1 heterocycles. The van der Waals surface area contributed by atoms with Crippen molar-refractivity contribution in [3.05, 3.63) is 51.3 Å². The van der Waals surface area contributed by atoms with Crippen molar-refractivity contribution in [2.75, 3.05) is 14.2 Å². The molecule has 0 spiro atoms. The average molecular weight is 335 g/mol. The van der Waals surface area contributed by atoms with Gasteiger partial charge in [0.25, 0.3) is 5.69 Å². The summed E-state index contributed by atoms with van der Waals surface area (Å²) < 4.78 is 14.6. The zero-order chi connectivity index (χ0) is 17.9. The normalized spacial score (nSPS) is 16.2. The van der Waals surface area contributed by atoms with Gasteiger partial charge in [0.2, 0.25) is 0 Å². The third-order valence-corrected chi connectivity index (χ3v) is 3.39. The number of methoxy groups -OCH3 is 2. The Morgan fingerprint density at radius 3 is 2.17 bits per heavy atom. The van der Waals surface area contributed by atoms with Crippen molar-refractivity contribution in [2.24, 2.45) is 0 Å². The van der Waals surface area contributed by atoms with Crippen LogP contribution in [0.3, 0.4) is 0 Å². The predicted molar refractivity (Wildman–Crippen MR) is 78.4 cm³/mol. The van der Waals surface area contributed by atoms with E-state index in [-0.39, 0.29) is 28.9 Å². The maximum absolute atomic E-state index is 12.0. The van der Waals surface area contributed by atoms with Crippen LogP contribution in [0.4, 0.5) is 5.69 Å². The van der Waals surface area contributed by atoms with Gasteiger partial charge in [0.05, 0.1) is 43.0 Å². The maximum Gasteiger partial charge on any atom is 0.338 e. The molecule has 0 N–H and O–H groups in total. The smallest absolute Gasteiger partial charge is 0.338 e. The van der Waals surface area contributed by atoms with Crippen molar-refractivity contribution in [1.82, 2.24) is 0 Å². The summed E-state index contributed by atoms with van der Waals surface area (Å²) in [6, 6.07) is 1.94. The first-order chi connectivity index (χ1) is 11.4. The van der Waals surface area contributed by atoms with E-state index in [1.54, 1.807) is 0 Å². The summed E-state index contributed by atoms with van der Waals surface area (Å²) in [5.74, 6) is -2.08. The molecule has 0 radical (unpaired) electrons. The number of non-ortho nitro benzene ring substituents is 1. The third kappa shape index (κ3) is 3.24. The molecule has 0 aromatic heterocycles. The van der Waals surface area contributed by atoms with Crippen LogP contribution >= 0.6 is 0 Å². The predicted octanol–water partition coefficient (Wildman–Crippen LogP) is 1.71. The Balaban J connectivity index is 2.74. The van der Waals surface area contributed by atoms with Gasteiger partial charge in [0.1, 0.15) is 6.10 Å². The second-order valence-corrected chi connectivity index (χ2v) is 4.79. The molecule has 0 amide bonds. The number of benzene rings is 1. The van der Waals surface area contributed by atoms with Crippen LogP contribution in [0, 0.1) is 10.1 Å². The minimum Gasteiger partial charge on any atom is -0.493 e. The van der Waals surface area contributed by atoms with Crippen molar-refractivity contribution in [3.63, 3.8) is 0 Å². The first kappa shape index (κ1) is 17.1. The van der Waals surface area contributed by atoms with Crippen LogP contribution in [-0.4, -0.2) is 36.9 Å². The largest absolute Gasteiger partial charge is 0.493 e. The highest BCUT2D eigenvalue weighted by molar-refractivity contribution is 6.00. The number of allylic oxidation sites excluding steroid dienone is 1. The Labute approximate surface area is 135 Å². The molecule has 24 heavy (non-hydrogen) atoms. The summed E-state index contributed by atoms with van der Waals surface area (Å²) >= 11 is 0. The fraction of sp³-hybridized carbons (Fsp3) is 0.267. The summed E-state index contributed by atoms with van der Waals surface area (Å²) in [7, 11) is 2.19. The van der Waals surface area contributed by atoms with Gasteiger partial charge in [0, 0.05) is 23.8 Å². The summed E-state index contributed by atoms with van der Waals surface area (Å²) in [5.41, 5.74) is -0.949. The molecule has 126 valence electrons. The number of nitrogens with zero attached hydrogens (tertiary/aromatic N) is 1. The lowest BCUT2D eigenvalue weighted by Gasteiger charge is -2.23. The first-order valence-electron chi connectivity index (χ1n) is 6.72. The SMILES string of the molecule is COC(=O)c1cc([N+](=O)[O-])cc(C(=O)OC)c1C1CC(=O)C=CO1. The van der Waals surface area contributed by atoms with Gasteiger partial charge in [-0.05, 0) is 0 Å². The van der Waals surface area contributed by atoms with Gasteiger partial charge in [-0.2, -0.15) is 0 Å². The van der Waals surface area contributed by atoms with E-state index < -0.39 is 28.7 Å². The summed E-state index contributed by atoms with van der Waals surface area (Å²) in [5, 5.41) is 11.1. The number of hydrogen-bond acceptors (Lipinski definition) is 8. The fourth-order valence-electron chi connectivity index (χ4n) is 2.33. The van der Waals surface area contributed by atoms with E-state index in [4.69, 9.17) is 4.74 Å². The lowest BCUT2D eigenvalue weighted by Crippen LogP contribution is -2.20. The van der Waals surface area contributed by atoms with Crippen molar-refractivity contribution in [2.45, 2.75) is 12.5 Å². The molecule has 9 heteroatoms. The van der Waals surface area contributed by atoms with Crippen molar-refractivity contribution < 1.29 is 33.5 Å². The van der Waals surface area contributed by atoms with E-state index in [0.717, 1.165) is 32.6 Å². The quantitative estimate of drug-likeness (QED) is 0.463. The van der Waals surface area contributed by atoms with E-state index in [1.807, 2.05) is 0 Å². The molecule has 1 aromatic carbocycles. The Hall–Kier alpha value is -3.23. The number of esters is 2. The Kier molecular flexibility index (Phi) is 4.93. The molecular weight excluding hydrogens is 322 g/mol. The zero-order valence-corrected chi connectivity index (χ0v) is 12.8. The average Bonchev–Trinajstić information content (AvgIpc) is 2.58. The molecule has 0 fully saturated rings. The van der Waals surface area contributed by atoms with E-state index in [1.165, 1.54) is 6.08 Å². The Morgan fingerprint density at radius 2 is 1.75 bits per heavy atom. The van der Waals surface area contributed by atoms with Gasteiger partial charge in [-0.25, -0.2) is 9.59 Å². The molecule has 2 rings (SSSR count). The molecule has 9 nitrogen and oxygen atoms in total. The minimum atomic E-state index is -0.966. The number of ketones is 1. The van der Waals surface area contributed by atoms with Crippen LogP contribution in [0.15, 0.2) is 24.5 Å². The van der Waals surface area contributed by atoms with E-state index in [0.29, 0.717) is 0 Å². The van der Waals surface area contributed by atoms with Gasteiger partial charge in [-0.1, -0.05) is 0 Å². The van der Waals surface area contributed by atoms with Crippen LogP contribution in [0.25, 0.3) is 0 Å². The second kappa shape index (κ2) is 6.90. The Bertz CT molecular complexity index is 715. The standard InChI is InChI=1S/C15H13NO8/c1-22-14(18)10-5-8(16(20)21)6-11(15(19)23-2)13(10)12-7-9(17)3-4-24-12/h3-6,12H,7H2,1-2H3. The van der Waals surface area contributed by atoms with Crippen molar-refractivity contribution in [1.29, 1.82) is 0 Å². The van der Waals surface area contributed by atoms with Crippen LogP contribution < -0.4 is 0 Å².